The van der Waals surface area contributed by atoms with Gasteiger partial charge in [-0.3, -0.25) is 4.79 Å². The lowest BCUT2D eigenvalue weighted by molar-refractivity contribution is 0.0940. The van der Waals surface area contributed by atoms with Crippen LogP contribution in [0.2, 0.25) is 0 Å². The molecule has 2 aromatic carbocycles. The number of halogens is 1. The molecule has 2 rings (SSSR count). The maximum atomic E-state index is 13.3. The van der Waals surface area contributed by atoms with Crippen LogP contribution in [0.1, 0.15) is 34.5 Å². The Kier molecular flexibility index (Phi) is 6.27. The number of hydrogen-bond donors (Lipinski definition) is 2. The second-order valence-electron chi connectivity index (χ2n) is 5.86. The molecule has 0 saturated carbocycles. The van der Waals surface area contributed by atoms with E-state index in [0.717, 1.165) is 11.8 Å². The third-order valence-electron chi connectivity index (χ3n) is 3.69. The van der Waals surface area contributed by atoms with Crippen LogP contribution in [0.4, 0.5) is 4.39 Å². The first-order valence-corrected chi connectivity index (χ1v) is 9.73. The number of sulfonamides is 1. The Hall–Kier alpha value is -2.25. The van der Waals surface area contributed by atoms with Crippen LogP contribution in [0.3, 0.4) is 0 Å². The van der Waals surface area contributed by atoms with Crippen molar-refractivity contribution in [1.82, 2.24) is 10.0 Å². The van der Waals surface area contributed by atoms with E-state index in [9.17, 15) is 17.6 Å². The zero-order chi connectivity index (χ0) is 18.4. The van der Waals surface area contributed by atoms with Gasteiger partial charge in [0.25, 0.3) is 5.91 Å². The van der Waals surface area contributed by atoms with Crippen molar-refractivity contribution in [1.29, 1.82) is 0 Å². The number of carbonyl (C=O) groups excluding carboxylic acids is 1. The number of amides is 1. The molecule has 0 radical (unpaired) electrons. The second-order valence-corrected chi connectivity index (χ2v) is 7.70. The average molecular weight is 364 g/mol. The van der Waals surface area contributed by atoms with Gasteiger partial charge in [-0.2, -0.15) is 0 Å². The van der Waals surface area contributed by atoms with Gasteiger partial charge in [-0.1, -0.05) is 24.3 Å². The van der Waals surface area contributed by atoms with Crippen LogP contribution in [0.25, 0.3) is 0 Å². The Morgan fingerprint density at radius 3 is 2.44 bits per heavy atom. The molecule has 0 spiro atoms. The van der Waals surface area contributed by atoms with Crippen LogP contribution >= 0.6 is 0 Å². The molecule has 5 nitrogen and oxygen atoms in total. The molecule has 0 heterocycles. The van der Waals surface area contributed by atoms with Crippen molar-refractivity contribution in [3.05, 3.63) is 71.0 Å². The first-order chi connectivity index (χ1) is 11.7. The lowest BCUT2D eigenvalue weighted by Crippen LogP contribution is -2.26. The molecule has 0 bridgehead atoms. The van der Waals surface area contributed by atoms with Crippen molar-refractivity contribution in [2.45, 2.75) is 19.4 Å². The standard InChI is InChI=1S/C18H21FN2O3S/c1-13(16-4-3-5-17(19)12-16)21-18(22)15-8-6-14(7-9-15)10-11-20-25(2,23)24/h3-9,12-13,20H,10-11H2,1-2H3,(H,21,22). The summed E-state index contributed by atoms with van der Waals surface area (Å²) in [5, 5.41) is 2.82. The highest BCUT2D eigenvalue weighted by atomic mass is 32.2. The highest BCUT2D eigenvalue weighted by Gasteiger charge is 2.12. The summed E-state index contributed by atoms with van der Waals surface area (Å²) in [5.74, 6) is -0.594. The Bertz CT molecular complexity index is 836. The van der Waals surface area contributed by atoms with Gasteiger partial charge in [0.2, 0.25) is 10.0 Å². The van der Waals surface area contributed by atoms with Gasteiger partial charge in [0.05, 0.1) is 12.3 Å². The zero-order valence-electron chi connectivity index (χ0n) is 14.1. The van der Waals surface area contributed by atoms with Crippen LogP contribution in [0.15, 0.2) is 48.5 Å². The van der Waals surface area contributed by atoms with E-state index in [1.165, 1.54) is 12.1 Å². The molecule has 2 aromatic rings. The third-order valence-corrected chi connectivity index (χ3v) is 4.42. The highest BCUT2D eigenvalue weighted by molar-refractivity contribution is 7.88. The summed E-state index contributed by atoms with van der Waals surface area (Å²) in [6, 6.07) is 12.7. The first-order valence-electron chi connectivity index (χ1n) is 7.84. The SMILES string of the molecule is CC(NC(=O)c1ccc(CCNS(C)(=O)=O)cc1)c1cccc(F)c1. The predicted molar refractivity (Wildman–Crippen MR) is 95.3 cm³/mol. The van der Waals surface area contributed by atoms with Gasteiger partial charge in [-0.25, -0.2) is 17.5 Å². The van der Waals surface area contributed by atoms with Gasteiger partial charge in [0.1, 0.15) is 5.82 Å². The minimum absolute atomic E-state index is 0.252. The summed E-state index contributed by atoms with van der Waals surface area (Å²) in [6.07, 6.45) is 1.65. The third kappa shape index (κ3) is 6.28. The van der Waals surface area contributed by atoms with Crippen molar-refractivity contribution in [2.75, 3.05) is 12.8 Å². The Morgan fingerprint density at radius 2 is 1.84 bits per heavy atom. The minimum atomic E-state index is -3.20. The molecule has 25 heavy (non-hydrogen) atoms. The number of rotatable bonds is 7. The average Bonchev–Trinajstić information content (AvgIpc) is 2.54. The molecule has 1 amide bonds. The van der Waals surface area contributed by atoms with E-state index in [0.29, 0.717) is 24.1 Å². The Labute approximate surface area is 147 Å². The maximum Gasteiger partial charge on any atom is 0.251 e. The molecule has 2 N–H and O–H groups in total. The summed E-state index contributed by atoms with van der Waals surface area (Å²) >= 11 is 0. The van der Waals surface area contributed by atoms with Crippen molar-refractivity contribution >= 4 is 15.9 Å². The van der Waals surface area contributed by atoms with Gasteiger partial charge in [-0.05, 0) is 48.7 Å². The zero-order valence-corrected chi connectivity index (χ0v) is 14.9. The van der Waals surface area contributed by atoms with Crippen LogP contribution in [0.5, 0.6) is 0 Å². The van der Waals surface area contributed by atoms with Crippen molar-refractivity contribution in [3.8, 4) is 0 Å². The van der Waals surface area contributed by atoms with E-state index >= 15 is 0 Å². The van der Waals surface area contributed by atoms with Gasteiger partial charge in [0, 0.05) is 12.1 Å². The van der Waals surface area contributed by atoms with Crippen LogP contribution < -0.4 is 10.0 Å². The molecule has 0 aliphatic rings. The van der Waals surface area contributed by atoms with E-state index in [2.05, 4.69) is 10.0 Å². The predicted octanol–water partition coefficient (Wildman–Crippen LogP) is 2.41. The number of nitrogens with one attached hydrogen (secondary N) is 2. The fourth-order valence-corrected chi connectivity index (χ4v) is 2.82. The van der Waals surface area contributed by atoms with E-state index in [4.69, 9.17) is 0 Å². The fourth-order valence-electron chi connectivity index (χ4n) is 2.34. The van der Waals surface area contributed by atoms with E-state index in [1.807, 2.05) is 0 Å². The van der Waals surface area contributed by atoms with Crippen LogP contribution in [-0.2, 0) is 16.4 Å². The second kappa shape index (κ2) is 8.22. The van der Waals surface area contributed by atoms with Crippen molar-refractivity contribution in [3.63, 3.8) is 0 Å². The molecule has 0 aliphatic carbocycles. The normalized spacial score (nSPS) is 12.6. The lowest BCUT2D eigenvalue weighted by atomic mass is 10.1. The lowest BCUT2D eigenvalue weighted by Gasteiger charge is -2.14. The number of carbonyl (C=O) groups is 1. The Morgan fingerprint density at radius 1 is 1.16 bits per heavy atom. The maximum absolute atomic E-state index is 13.3. The monoisotopic (exact) mass is 364 g/mol. The van der Waals surface area contributed by atoms with E-state index < -0.39 is 10.0 Å². The topological polar surface area (TPSA) is 75.3 Å². The minimum Gasteiger partial charge on any atom is -0.346 e. The Balaban J connectivity index is 1.93. The van der Waals surface area contributed by atoms with Gasteiger partial charge in [-0.15, -0.1) is 0 Å². The summed E-state index contributed by atoms with van der Waals surface area (Å²) in [7, 11) is -3.20. The summed E-state index contributed by atoms with van der Waals surface area (Å²) in [6.45, 7) is 2.10. The molecule has 0 aromatic heterocycles. The molecule has 1 atom stereocenters. The smallest absolute Gasteiger partial charge is 0.251 e. The molecule has 0 fully saturated rings. The molecule has 134 valence electrons. The van der Waals surface area contributed by atoms with E-state index in [1.54, 1.807) is 43.3 Å². The number of benzene rings is 2. The van der Waals surface area contributed by atoms with Crippen LogP contribution in [-0.4, -0.2) is 27.1 Å². The largest absolute Gasteiger partial charge is 0.346 e. The van der Waals surface area contributed by atoms with Crippen LogP contribution in [0, 0.1) is 5.82 Å². The van der Waals surface area contributed by atoms with Crippen molar-refractivity contribution < 1.29 is 17.6 Å². The molecule has 0 aliphatic heterocycles. The van der Waals surface area contributed by atoms with Gasteiger partial charge < -0.3 is 5.32 Å². The summed E-state index contributed by atoms with van der Waals surface area (Å²) in [5.41, 5.74) is 2.10. The quantitative estimate of drug-likeness (QED) is 0.792. The van der Waals surface area contributed by atoms with E-state index in [-0.39, 0.29) is 17.8 Å². The summed E-state index contributed by atoms with van der Waals surface area (Å²) in [4.78, 5) is 12.3. The first kappa shape index (κ1) is 19.1. The molecule has 7 heteroatoms. The van der Waals surface area contributed by atoms with Crippen molar-refractivity contribution in [2.24, 2.45) is 0 Å². The van der Waals surface area contributed by atoms with Gasteiger partial charge in [0.15, 0.2) is 0 Å². The molecular weight excluding hydrogens is 343 g/mol. The molecule has 0 saturated heterocycles. The fraction of sp³-hybridized carbons (Fsp3) is 0.278. The molecule has 1 unspecified atom stereocenters. The molecular formula is C18H21FN2O3S. The number of hydrogen-bond acceptors (Lipinski definition) is 3. The van der Waals surface area contributed by atoms with Gasteiger partial charge >= 0.3 is 0 Å². The summed E-state index contributed by atoms with van der Waals surface area (Å²) < 4.78 is 37.7. The highest BCUT2D eigenvalue weighted by Crippen LogP contribution is 2.14.